The van der Waals surface area contributed by atoms with Crippen LogP contribution in [0, 0.1) is 0 Å². The monoisotopic (exact) mass is 250 g/mol. The molecular formula is C16H10O3. The number of para-hydroxylation sites is 2. The first kappa shape index (κ1) is 10.4. The van der Waals surface area contributed by atoms with E-state index in [9.17, 15) is 4.79 Å². The highest BCUT2D eigenvalue weighted by atomic mass is 16.5. The Kier molecular flexibility index (Phi) is 2.03. The van der Waals surface area contributed by atoms with Crippen molar-refractivity contribution < 1.29 is 9.15 Å². The van der Waals surface area contributed by atoms with Gasteiger partial charge in [0.2, 0.25) is 0 Å². The van der Waals surface area contributed by atoms with E-state index in [1.165, 1.54) is 0 Å². The summed E-state index contributed by atoms with van der Waals surface area (Å²) < 4.78 is 11.0. The van der Waals surface area contributed by atoms with Crippen molar-refractivity contribution in [3.8, 4) is 16.9 Å². The van der Waals surface area contributed by atoms with Gasteiger partial charge in [0.15, 0.2) is 0 Å². The SMILES string of the molecule is O=c1oc2ccccc2c2c1COc1ccccc1-2. The highest BCUT2D eigenvalue weighted by Gasteiger charge is 2.23. The standard InChI is InChI=1S/C16H10O3/c17-16-12-9-18-13-7-3-1-5-10(13)15(12)11-6-2-4-8-14(11)19-16/h1-8H,9H2. The maximum atomic E-state index is 12.0. The van der Waals surface area contributed by atoms with E-state index in [0.29, 0.717) is 11.1 Å². The highest BCUT2D eigenvalue weighted by Crippen LogP contribution is 2.39. The lowest BCUT2D eigenvalue weighted by Gasteiger charge is -2.20. The van der Waals surface area contributed by atoms with Crippen LogP contribution in [0.25, 0.3) is 22.1 Å². The molecule has 0 amide bonds. The molecule has 0 aliphatic carbocycles. The number of hydrogen-bond donors (Lipinski definition) is 0. The summed E-state index contributed by atoms with van der Waals surface area (Å²) in [6, 6.07) is 15.4. The minimum absolute atomic E-state index is 0.263. The molecule has 1 aromatic heterocycles. The zero-order chi connectivity index (χ0) is 12.8. The molecule has 2 aromatic carbocycles. The molecule has 0 saturated heterocycles. The average Bonchev–Trinajstić information content (AvgIpc) is 2.47. The van der Waals surface area contributed by atoms with E-state index in [1.54, 1.807) is 0 Å². The summed E-state index contributed by atoms with van der Waals surface area (Å²) in [5.41, 5.74) is 2.78. The number of fused-ring (bicyclic) bond motifs is 5. The molecule has 3 nitrogen and oxygen atoms in total. The molecule has 1 aliphatic rings. The van der Waals surface area contributed by atoms with Crippen molar-refractivity contribution in [2.24, 2.45) is 0 Å². The second-order valence-corrected chi connectivity index (χ2v) is 4.52. The molecule has 19 heavy (non-hydrogen) atoms. The Labute approximate surface area is 109 Å². The van der Waals surface area contributed by atoms with Gasteiger partial charge in [0.25, 0.3) is 0 Å². The smallest absolute Gasteiger partial charge is 0.343 e. The van der Waals surface area contributed by atoms with Crippen molar-refractivity contribution in [3.63, 3.8) is 0 Å². The quantitative estimate of drug-likeness (QED) is 0.574. The van der Waals surface area contributed by atoms with Gasteiger partial charge in [0, 0.05) is 16.5 Å². The van der Waals surface area contributed by atoms with Crippen molar-refractivity contribution in [1.82, 2.24) is 0 Å². The fraction of sp³-hybridized carbons (Fsp3) is 0.0625. The van der Waals surface area contributed by atoms with E-state index in [-0.39, 0.29) is 12.2 Å². The van der Waals surface area contributed by atoms with E-state index in [2.05, 4.69) is 0 Å². The first-order valence-electron chi connectivity index (χ1n) is 6.11. The Morgan fingerprint density at radius 1 is 0.947 bits per heavy atom. The Morgan fingerprint density at radius 2 is 1.74 bits per heavy atom. The first-order valence-corrected chi connectivity index (χ1v) is 6.11. The topological polar surface area (TPSA) is 39.4 Å². The van der Waals surface area contributed by atoms with Gasteiger partial charge in [-0.2, -0.15) is 0 Å². The predicted molar refractivity (Wildman–Crippen MR) is 72.3 cm³/mol. The number of hydrogen-bond acceptors (Lipinski definition) is 3. The van der Waals surface area contributed by atoms with Gasteiger partial charge in [-0.1, -0.05) is 36.4 Å². The Bertz CT molecular complexity index is 846. The van der Waals surface area contributed by atoms with Gasteiger partial charge < -0.3 is 9.15 Å². The molecule has 0 radical (unpaired) electrons. The van der Waals surface area contributed by atoms with E-state index < -0.39 is 0 Å². The van der Waals surface area contributed by atoms with Crippen LogP contribution in [0.2, 0.25) is 0 Å². The Balaban J connectivity index is 2.22. The molecule has 0 atom stereocenters. The van der Waals surface area contributed by atoms with Gasteiger partial charge >= 0.3 is 5.63 Å². The van der Waals surface area contributed by atoms with E-state index in [1.807, 2.05) is 48.5 Å². The van der Waals surface area contributed by atoms with Crippen molar-refractivity contribution in [3.05, 3.63) is 64.5 Å². The van der Waals surface area contributed by atoms with Crippen molar-refractivity contribution in [2.45, 2.75) is 6.61 Å². The second kappa shape index (κ2) is 3.72. The lowest BCUT2D eigenvalue weighted by Crippen LogP contribution is -2.16. The third-order valence-corrected chi connectivity index (χ3v) is 3.44. The molecule has 0 spiro atoms. The molecule has 0 saturated carbocycles. The molecule has 92 valence electrons. The minimum atomic E-state index is -0.316. The van der Waals surface area contributed by atoms with Crippen LogP contribution in [0.15, 0.2) is 57.7 Å². The average molecular weight is 250 g/mol. The van der Waals surface area contributed by atoms with Crippen LogP contribution in [0.4, 0.5) is 0 Å². The van der Waals surface area contributed by atoms with Crippen LogP contribution in [0.5, 0.6) is 5.75 Å². The van der Waals surface area contributed by atoms with Crippen LogP contribution in [0.3, 0.4) is 0 Å². The van der Waals surface area contributed by atoms with Gasteiger partial charge in [-0.15, -0.1) is 0 Å². The van der Waals surface area contributed by atoms with Gasteiger partial charge in [0.05, 0.1) is 5.56 Å². The minimum Gasteiger partial charge on any atom is -0.488 e. The molecule has 0 bridgehead atoms. The summed E-state index contributed by atoms with van der Waals surface area (Å²) in [7, 11) is 0. The van der Waals surface area contributed by atoms with Gasteiger partial charge in [-0.05, 0) is 12.1 Å². The Hall–Kier alpha value is -2.55. The van der Waals surface area contributed by atoms with E-state index >= 15 is 0 Å². The summed E-state index contributed by atoms with van der Waals surface area (Å²) in [5.74, 6) is 0.811. The van der Waals surface area contributed by atoms with E-state index in [4.69, 9.17) is 9.15 Å². The number of benzene rings is 2. The first-order chi connectivity index (χ1) is 9.34. The molecule has 0 N–H and O–H groups in total. The largest absolute Gasteiger partial charge is 0.488 e. The van der Waals surface area contributed by atoms with Crippen LogP contribution >= 0.6 is 0 Å². The zero-order valence-corrected chi connectivity index (χ0v) is 10.1. The summed E-state index contributed by atoms with van der Waals surface area (Å²) in [6.07, 6.45) is 0. The predicted octanol–water partition coefficient (Wildman–Crippen LogP) is 3.35. The number of rotatable bonds is 0. The fourth-order valence-corrected chi connectivity index (χ4v) is 2.58. The molecular weight excluding hydrogens is 240 g/mol. The van der Waals surface area contributed by atoms with E-state index in [0.717, 1.165) is 22.3 Å². The highest BCUT2D eigenvalue weighted by molar-refractivity contribution is 5.97. The lowest BCUT2D eigenvalue weighted by molar-refractivity contribution is 0.296. The number of ether oxygens (including phenoxy) is 1. The van der Waals surface area contributed by atoms with Crippen LogP contribution in [0.1, 0.15) is 5.56 Å². The molecule has 0 fully saturated rings. The van der Waals surface area contributed by atoms with Gasteiger partial charge in [-0.25, -0.2) is 4.79 Å². The van der Waals surface area contributed by atoms with Crippen molar-refractivity contribution in [1.29, 1.82) is 0 Å². The van der Waals surface area contributed by atoms with Crippen LogP contribution in [-0.2, 0) is 6.61 Å². The second-order valence-electron chi connectivity index (χ2n) is 4.52. The Morgan fingerprint density at radius 3 is 2.68 bits per heavy atom. The molecule has 3 heteroatoms. The molecule has 4 rings (SSSR count). The van der Waals surface area contributed by atoms with Crippen molar-refractivity contribution >= 4 is 11.0 Å². The van der Waals surface area contributed by atoms with Crippen LogP contribution < -0.4 is 10.4 Å². The summed E-state index contributed by atoms with van der Waals surface area (Å²) in [6.45, 7) is 0.263. The van der Waals surface area contributed by atoms with Gasteiger partial charge in [0.1, 0.15) is 17.9 Å². The van der Waals surface area contributed by atoms with Crippen LogP contribution in [-0.4, -0.2) is 0 Å². The molecule has 2 heterocycles. The molecule has 1 aliphatic heterocycles. The van der Waals surface area contributed by atoms with Crippen molar-refractivity contribution in [2.75, 3.05) is 0 Å². The molecule has 0 unspecified atom stereocenters. The summed E-state index contributed by atoms with van der Waals surface area (Å²) >= 11 is 0. The fourth-order valence-electron chi connectivity index (χ4n) is 2.58. The maximum Gasteiger partial charge on any atom is 0.343 e. The summed E-state index contributed by atoms with van der Waals surface area (Å²) in [5, 5.41) is 0.952. The maximum absolute atomic E-state index is 12.0. The zero-order valence-electron chi connectivity index (χ0n) is 10.1. The molecule has 3 aromatic rings. The normalized spacial score (nSPS) is 12.6. The third kappa shape index (κ3) is 1.41. The lowest BCUT2D eigenvalue weighted by atomic mass is 9.95. The third-order valence-electron chi connectivity index (χ3n) is 3.44. The summed E-state index contributed by atoms with van der Waals surface area (Å²) in [4.78, 5) is 12.0. The van der Waals surface area contributed by atoms with Gasteiger partial charge in [-0.3, -0.25) is 0 Å².